The van der Waals surface area contributed by atoms with Crippen LogP contribution in [0.25, 0.3) is 0 Å². The molecule has 0 saturated heterocycles. The zero-order valence-electron chi connectivity index (χ0n) is 7.70. The van der Waals surface area contributed by atoms with Gasteiger partial charge in [0.25, 0.3) is 0 Å². The molecule has 1 saturated carbocycles. The van der Waals surface area contributed by atoms with Crippen molar-refractivity contribution in [3.63, 3.8) is 0 Å². The smallest absolute Gasteiger partial charge is 0.305 e. The summed E-state index contributed by atoms with van der Waals surface area (Å²) < 4.78 is 10.3. The summed E-state index contributed by atoms with van der Waals surface area (Å²) in [5, 5.41) is 8.29. The van der Waals surface area contributed by atoms with Crippen LogP contribution in [0, 0.1) is 5.92 Å². The minimum Gasteiger partial charge on any atom is -0.481 e. The second-order valence-corrected chi connectivity index (χ2v) is 3.27. The summed E-state index contributed by atoms with van der Waals surface area (Å²) in [5.41, 5.74) is 0. The average molecular weight is 188 g/mol. The van der Waals surface area contributed by atoms with E-state index in [-0.39, 0.29) is 13.0 Å². The van der Waals surface area contributed by atoms with Crippen LogP contribution in [0.4, 0.5) is 0 Å². The molecule has 0 atom stereocenters. The zero-order chi connectivity index (χ0) is 9.52. The van der Waals surface area contributed by atoms with Crippen molar-refractivity contribution in [2.24, 2.45) is 5.92 Å². The van der Waals surface area contributed by atoms with Crippen LogP contribution in [0.3, 0.4) is 0 Å². The van der Waals surface area contributed by atoms with Crippen molar-refractivity contribution < 1.29 is 19.4 Å². The number of hydrogen-bond acceptors (Lipinski definition) is 3. The first-order valence-electron chi connectivity index (χ1n) is 4.66. The molecule has 0 aliphatic heterocycles. The van der Waals surface area contributed by atoms with Gasteiger partial charge in [-0.05, 0) is 18.8 Å². The molecule has 0 amide bonds. The lowest BCUT2D eigenvalue weighted by atomic mass is 10.5. The molecule has 1 aliphatic carbocycles. The number of ether oxygens (including phenoxy) is 2. The molecule has 0 aromatic carbocycles. The molecule has 0 radical (unpaired) electrons. The van der Waals surface area contributed by atoms with Gasteiger partial charge in [0, 0.05) is 6.61 Å². The van der Waals surface area contributed by atoms with Crippen molar-refractivity contribution in [1.29, 1.82) is 0 Å². The van der Waals surface area contributed by atoms with E-state index in [1.807, 2.05) is 0 Å². The van der Waals surface area contributed by atoms with E-state index in [0.717, 1.165) is 12.5 Å². The minimum absolute atomic E-state index is 0.0720. The van der Waals surface area contributed by atoms with E-state index in [4.69, 9.17) is 14.6 Å². The summed E-state index contributed by atoms with van der Waals surface area (Å²) in [6.07, 6.45) is 2.66. The summed E-state index contributed by atoms with van der Waals surface area (Å²) in [4.78, 5) is 10.1. The fraction of sp³-hybridized carbons (Fsp3) is 0.889. The lowest BCUT2D eigenvalue weighted by Gasteiger charge is -2.03. The Morgan fingerprint density at radius 1 is 1.23 bits per heavy atom. The van der Waals surface area contributed by atoms with Crippen LogP contribution in [-0.4, -0.2) is 37.5 Å². The van der Waals surface area contributed by atoms with Crippen molar-refractivity contribution in [3.05, 3.63) is 0 Å². The van der Waals surface area contributed by atoms with Gasteiger partial charge in [-0.2, -0.15) is 0 Å². The molecule has 1 fully saturated rings. The van der Waals surface area contributed by atoms with Gasteiger partial charge in [-0.15, -0.1) is 0 Å². The quantitative estimate of drug-likeness (QED) is 0.575. The van der Waals surface area contributed by atoms with E-state index in [0.29, 0.717) is 13.2 Å². The number of hydrogen-bond donors (Lipinski definition) is 1. The predicted octanol–water partition coefficient (Wildman–Crippen LogP) is 0.904. The van der Waals surface area contributed by atoms with E-state index in [1.54, 1.807) is 0 Å². The Morgan fingerprint density at radius 3 is 2.54 bits per heavy atom. The molecule has 1 rings (SSSR count). The van der Waals surface area contributed by atoms with Crippen LogP contribution in [0.2, 0.25) is 0 Å². The Hall–Kier alpha value is -0.610. The fourth-order valence-electron chi connectivity index (χ4n) is 0.914. The molecule has 1 N–H and O–H groups in total. The molecule has 1 aliphatic rings. The zero-order valence-corrected chi connectivity index (χ0v) is 7.70. The van der Waals surface area contributed by atoms with Gasteiger partial charge < -0.3 is 14.6 Å². The summed E-state index contributed by atoms with van der Waals surface area (Å²) in [6.45, 7) is 2.19. The van der Waals surface area contributed by atoms with Crippen LogP contribution in [0.5, 0.6) is 0 Å². The highest BCUT2D eigenvalue weighted by molar-refractivity contribution is 5.66. The third-order valence-electron chi connectivity index (χ3n) is 1.88. The van der Waals surface area contributed by atoms with Gasteiger partial charge in [0.1, 0.15) is 0 Å². The minimum atomic E-state index is -0.820. The van der Waals surface area contributed by atoms with Crippen molar-refractivity contribution in [2.45, 2.75) is 19.3 Å². The molecular formula is C9H16O4. The maximum atomic E-state index is 10.1. The predicted molar refractivity (Wildman–Crippen MR) is 46.6 cm³/mol. The third-order valence-corrected chi connectivity index (χ3v) is 1.88. The molecule has 4 heteroatoms. The Balaban J connectivity index is 1.70. The molecule has 13 heavy (non-hydrogen) atoms. The van der Waals surface area contributed by atoms with Crippen LogP contribution in [-0.2, 0) is 14.3 Å². The Bertz CT molecular complexity index is 154. The number of carboxylic acid groups (broad SMARTS) is 1. The van der Waals surface area contributed by atoms with Crippen LogP contribution in [0.15, 0.2) is 0 Å². The lowest BCUT2D eigenvalue weighted by molar-refractivity contribution is -0.138. The lowest BCUT2D eigenvalue weighted by Crippen LogP contribution is -2.09. The Kier molecular flexibility index (Phi) is 4.78. The first kappa shape index (κ1) is 10.5. The normalized spacial score (nSPS) is 16.0. The number of aliphatic carboxylic acids is 1. The molecule has 0 bridgehead atoms. The van der Waals surface area contributed by atoms with E-state index in [9.17, 15) is 4.79 Å². The molecule has 0 heterocycles. The van der Waals surface area contributed by atoms with Gasteiger partial charge in [0.15, 0.2) is 0 Å². The van der Waals surface area contributed by atoms with E-state index in [1.165, 1.54) is 12.8 Å². The van der Waals surface area contributed by atoms with E-state index >= 15 is 0 Å². The molecular weight excluding hydrogens is 172 g/mol. The summed E-state index contributed by atoms with van der Waals surface area (Å²) >= 11 is 0. The summed E-state index contributed by atoms with van der Waals surface area (Å²) in [5.74, 6) is -0.0436. The van der Waals surface area contributed by atoms with Crippen molar-refractivity contribution in [3.8, 4) is 0 Å². The highest BCUT2D eigenvalue weighted by atomic mass is 16.5. The van der Waals surface area contributed by atoms with Gasteiger partial charge in [-0.3, -0.25) is 4.79 Å². The molecule has 0 unspecified atom stereocenters. The number of rotatable bonds is 8. The molecule has 0 aromatic heterocycles. The van der Waals surface area contributed by atoms with Crippen LogP contribution >= 0.6 is 0 Å². The van der Waals surface area contributed by atoms with E-state index < -0.39 is 5.97 Å². The first-order valence-corrected chi connectivity index (χ1v) is 4.66. The molecule has 76 valence electrons. The maximum absolute atomic E-state index is 10.1. The monoisotopic (exact) mass is 188 g/mol. The second-order valence-electron chi connectivity index (χ2n) is 3.27. The standard InChI is InChI=1S/C9H16O4/c10-9(11)3-4-12-5-6-13-7-8-1-2-8/h8H,1-7H2,(H,10,11). The summed E-state index contributed by atoms with van der Waals surface area (Å²) in [6, 6.07) is 0. The first-order chi connectivity index (χ1) is 6.29. The van der Waals surface area contributed by atoms with Crippen LogP contribution < -0.4 is 0 Å². The molecule has 0 aromatic rings. The second kappa shape index (κ2) is 5.94. The van der Waals surface area contributed by atoms with Crippen molar-refractivity contribution in [2.75, 3.05) is 26.4 Å². The maximum Gasteiger partial charge on any atom is 0.305 e. The van der Waals surface area contributed by atoms with Crippen molar-refractivity contribution >= 4 is 5.97 Å². The van der Waals surface area contributed by atoms with Crippen molar-refractivity contribution in [1.82, 2.24) is 0 Å². The van der Waals surface area contributed by atoms with E-state index in [2.05, 4.69) is 0 Å². The van der Waals surface area contributed by atoms with Gasteiger partial charge in [0.2, 0.25) is 0 Å². The Morgan fingerprint density at radius 2 is 1.92 bits per heavy atom. The highest BCUT2D eigenvalue weighted by Gasteiger charge is 2.20. The molecule has 0 spiro atoms. The Labute approximate surface area is 77.8 Å². The summed E-state index contributed by atoms with van der Waals surface area (Å²) in [7, 11) is 0. The topological polar surface area (TPSA) is 55.8 Å². The average Bonchev–Trinajstić information content (AvgIpc) is 2.86. The highest BCUT2D eigenvalue weighted by Crippen LogP contribution is 2.28. The van der Waals surface area contributed by atoms with Gasteiger partial charge in [-0.1, -0.05) is 0 Å². The van der Waals surface area contributed by atoms with Gasteiger partial charge in [0.05, 0.1) is 26.2 Å². The van der Waals surface area contributed by atoms with Crippen LogP contribution in [0.1, 0.15) is 19.3 Å². The third kappa shape index (κ3) is 6.54. The molecule has 4 nitrogen and oxygen atoms in total. The van der Waals surface area contributed by atoms with Gasteiger partial charge >= 0.3 is 5.97 Å². The number of carbonyl (C=O) groups is 1. The fourth-order valence-corrected chi connectivity index (χ4v) is 0.914. The number of carboxylic acids is 1. The largest absolute Gasteiger partial charge is 0.481 e. The van der Waals surface area contributed by atoms with Gasteiger partial charge in [-0.25, -0.2) is 0 Å². The SMILES string of the molecule is O=C(O)CCOCCOCC1CC1.